The Morgan fingerprint density at radius 2 is 1.90 bits per heavy atom. The van der Waals surface area contributed by atoms with Crippen LogP contribution in [0.25, 0.3) is 0 Å². The van der Waals surface area contributed by atoms with Gasteiger partial charge in [-0.1, -0.05) is 13.8 Å². The molecule has 1 N–H and O–H groups in total. The number of hydrogen-bond acceptors (Lipinski definition) is 4. The molecule has 0 aromatic carbocycles. The molecule has 0 bridgehead atoms. The quantitative estimate of drug-likeness (QED) is 0.890. The third-order valence-corrected chi connectivity index (χ3v) is 4.17. The van der Waals surface area contributed by atoms with Crippen molar-refractivity contribution in [2.45, 2.75) is 53.0 Å². The number of rotatable bonds is 5. The Kier molecular flexibility index (Phi) is 4.76. The molecule has 1 atom stereocenters. The average molecular weight is 289 g/mol. The van der Waals surface area contributed by atoms with Crippen molar-refractivity contribution in [2.24, 2.45) is 0 Å². The lowest BCUT2D eigenvalue weighted by molar-refractivity contribution is 0.765. The van der Waals surface area contributed by atoms with Gasteiger partial charge in [0.1, 0.15) is 0 Å². The summed E-state index contributed by atoms with van der Waals surface area (Å²) in [7, 11) is 0. The van der Waals surface area contributed by atoms with Gasteiger partial charge in [-0.05, 0) is 44.9 Å². The van der Waals surface area contributed by atoms with Crippen molar-refractivity contribution in [2.75, 3.05) is 5.32 Å². The van der Waals surface area contributed by atoms with E-state index in [0.29, 0.717) is 12.0 Å². The molecule has 4 heteroatoms. The topological polar surface area (TPSA) is 37.8 Å². The standard InChI is InChI=1S/C16H23N3S/c1-10(2)15-9-12(4)18-16(19-15)17-11(3)8-14-7-6-13(5)20-14/h6-7,9-11H,8H2,1-5H3,(H,17,18,19). The van der Waals surface area contributed by atoms with Crippen molar-refractivity contribution in [3.05, 3.63) is 39.3 Å². The molecule has 1 unspecified atom stereocenters. The zero-order chi connectivity index (χ0) is 14.7. The third-order valence-electron chi connectivity index (χ3n) is 3.14. The van der Waals surface area contributed by atoms with Crippen LogP contribution in [0.4, 0.5) is 5.95 Å². The summed E-state index contributed by atoms with van der Waals surface area (Å²) in [6, 6.07) is 6.76. The Morgan fingerprint density at radius 1 is 1.15 bits per heavy atom. The monoisotopic (exact) mass is 289 g/mol. The van der Waals surface area contributed by atoms with Gasteiger partial charge in [-0.2, -0.15) is 0 Å². The fourth-order valence-electron chi connectivity index (χ4n) is 2.12. The van der Waals surface area contributed by atoms with Crippen LogP contribution in [0.3, 0.4) is 0 Å². The van der Waals surface area contributed by atoms with E-state index >= 15 is 0 Å². The van der Waals surface area contributed by atoms with Gasteiger partial charge in [-0.25, -0.2) is 9.97 Å². The minimum Gasteiger partial charge on any atom is -0.351 e. The van der Waals surface area contributed by atoms with Crippen LogP contribution in [0.1, 0.15) is 47.8 Å². The number of nitrogens with one attached hydrogen (secondary N) is 1. The first-order valence-electron chi connectivity index (χ1n) is 7.11. The molecule has 0 amide bonds. The van der Waals surface area contributed by atoms with Gasteiger partial charge in [0.2, 0.25) is 5.95 Å². The van der Waals surface area contributed by atoms with Crippen LogP contribution in [0.15, 0.2) is 18.2 Å². The van der Waals surface area contributed by atoms with Crippen molar-refractivity contribution >= 4 is 17.3 Å². The molecule has 0 aliphatic carbocycles. The zero-order valence-electron chi connectivity index (χ0n) is 12.9. The van der Waals surface area contributed by atoms with E-state index in [0.717, 1.165) is 23.8 Å². The highest BCUT2D eigenvalue weighted by Gasteiger charge is 2.10. The van der Waals surface area contributed by atoms with Crippen LogP contribution in [0, 0.1) is 13.8 Å². The summed E-state index contributed by atoms with van der Waals surface area (Å²) < 4.78 is 0. The average Bonchev–Trinajstić information content (AvgIpc) is 2.73. The Morgan fingerprint density at radius 3 is 2.50 bits per heavy atom. The highest BCUT2D eigenvalue weighted by Crippen LogP contribution is 2.19. The van der Waals surface area contributed by atoms with Gasteiger partial charge in [-0.3, -0.25) is 0 Å². The van der Waals surface area contributed by atoms with E-state index in [-0.39, 0.29) is 0 Å². The summed E-state index contributed by atoms with van der Waals surface area (Å²) in [6.07, 6.45) is 1.01. The number of anilines is 1. The number of thiophene rings is 1. The molecule has 0 aliphatic heterocycles. The number of hydrogen-bond donors (Lipinski definition) is 1. The maximum absolute atomic E-state index is 4.60. The molecule has 0 spiro atoms. The summed E-state index contributed by atoms with van der Waals surface area (Å²) in [5, 5.41) is 3.42. The van der Waals surface area contributed by atoms with Gasteiger partial charge >= 0.3 is 0 Å². The second-order valence-electron chi connectivity index (χ2n) is 5.67. The summed E-state index contributed by atoms with van der Waals surface area (Å²) in [6.45, 7) is 10.7. The van der Waals surface area contributed by atoms with Crippen LogP contribution in [-0.2, 0) is 6.42 Å². The predicted octanol–water partition coefficient (Wildman–Crippen LogP) is 4.32. The van der Waals surface area contributed by atoms with E-state index in [4.69, 9.17) is 0 Å². The van der Waals surface area contributed by atoms with Crippen LogP contribution in [-0.4, -0.2) is 16.0 Å². The minimum absolute atomic E-state index is 0.329. The first kappa shape index (κ1) is 15.0. The zero-order valence-corrected chi connectivity index (χ0v) is 13.7. The molecule has 0 fully saturated rings. The molecule has 0 saturated carbocycles. The molecule has 0 saturated heterocycles. The number of nitrogens with zero attached hydrogens (tertiary/aromatic N) is 2. The molecule has 2 rings (SSSR count). The highest BCUT2D eigenvalue weighted by molar-refractivity contribution is 7.11. The van der Waals surface area contributed by atoms with Gasteiger partial charge in [0.15, 0.2) is 0 Å². The van der Waals surface area contributed by atoms with Crippen molar-refractivity contribution in [1.29, 1.82) is 0 Å². The minimum atomic E-state index is 0.329. The summed E-state index contributed by atoms with van der Waals surface area (Å²) in [5.74, 6) is 1.17. The summed E-state index contributed by atoms with van der Waals surface area (Å²) in [4.78, 5) is 11.8. The SMILES string of the molecule is Cc1cc(C(C)C)nc(NC(C)Cc2ccc(C)s2)n1. The van der Waals surface area contributed by atoms with E-state index in [1.807, 2.05) is 18.3 Å². The molecular weight excluding hydrogens is 266 g/mol. The van der Waals surface area contributed by atoms with E-state index in [2.05, 4.69) is 61.2 Å². The van der Waals surface area contributed by atoms with Gasteiger partial charge in [0, 0.05) is 33.6 Å². The van der Waals surface area contributed by atoms with Crippen molar-refractivity contribution in [1.82, 2.24) is 9.97 Å². The van der Waals surface area contributed by atoms with Crippen LogP contribution < -0.4 is 5.32 Å². The molecular formula is C16H23N3S. The lowest BCUT2D eigenvalue weighted by atomic mass is 10.1. The van der Waals surface area contributed by atoms with E-state index < -0.39 is 0 Å². The largest absolute Gasteiger partial charge is 0.351 e. The summed E-state index contributed by atoms with van der Waals surface area (Å²) >= 11 is 1.86. The van der Waals surface area contributed by atoms with Crippen molar-refractivity contribution in [3.8, 4) is 0 Å². The molecule has 0 radical (unpaired) electrons. The molecule has 108 valence electrons. The Bertz CT molecular complexity index is 575. The maximum atomic E-state index is 4.60. The van der Waals surface area contributed by atoms with Crippen LogP contribution >= 0.6 is 11.3 Å². The smallest absolute Gasteiger partial charge is 0.223 e. The van der Waals surface area contributed by atoms with Crippen LogP contribution in [0.2, 0.25) is 0 Å². The second kappa shape index (κ2) is 6.35. The molecule has 2 aromatic rings. The first-order chi connectivity index (χ1) is 9.44. The number of aromatic nitrogens is 2. The molecule has 3 nitrogen and oxygen atoms in total. The Balaban J connectivity index is 2.05. The predicted molar refractivity (Wildman–Crippen MR) is 86.7 cm³/mol. The lowest BCUT2D eigenvalue weighted by Gasteiger charge is -2.15. The van der Waals surface area contributed by atoms with Gasteiger partial charge in [0.25, 0.3) is 0 Å². The lowest BCUT2D eigenvalue weighted by Crippen LogP contribution is -2.20. The molecule has 0 aliphatic rings. The molecule has 20 heavy (non-hydrogen) atoms. The highest BCUT2D eigenvalue weighted by atomic mass is 32.1. The van der Waals surface area contributed by atoms with Gasteiger partial charge in [0.05, 0.1) is 0 Å². The molecule has 2 aromatic heterocycles. The Labute approximate surface area is 125 Å². The fourth-order valence-corrected chi connectivity index (χ4v) is 3.14. The summed E-state index contributed by atoms with van der Waals surface area (Å²) in [5.41, 5.74) is 2.12. The van der Waals surface area contributed by atoms with Gasteiger partial charge < -0.3 is 5.32 Å². The molecule has 2 heterocycles. The second-order valence-corrected chi connectivity index (χ2v) is 7.05. The van der Waals surface area contributed by atoms with E-state index in [1.54, 1.807) is 0 Å². The van der Waals surface area contributed by atoms with Crippen LogP contribution in [0.5, 0.6) is 0 Å². The number of aryl methyl sites for hydroxylation is 2. The van der Waals surface area contributed by atoms with E-state index in [9.17, 15) is 0 Å². The van der Waals surface area contributed by atoms with Crippen molar-refractivity contribution < 1.29 is 0 Å². The Hall–Kier alpha value is -1.42. The van der Waals surface area contributed by atoms with Gasteiger partial charge in [-0.15, -0.1) is 11.3 Å². The first-order valence-corrected chi connectivity index (χ1v) is 7.93. The van der Waals surface area contributed by atoms with E-state index in [1.165, 1.54) is 9.75 Å². The normalized spacial score (nSPS) is 12.7. The fraction of sp³-hybridized carbons (Fsp3) is 0.500. The maximum Gasteiger partial charge on any atom is 0.223 e. The van der Waals surface area contributed by atoms with Crippen molar-refractivity contribution in [3.63, 3.8) is 0 Å². The third kappa shape index (κ3) is 4.04.